The average molecular weight is 723 g/mol. The summed E-state index contributed by atoms with van der Waals surface area (Å²) in [6.07, 6.45) is 20.6. The van der Waals surface area contributed by atoms with E-state index in [1.807, 2.05) is 12.2 Å². The van der Waals surface area contributed by atoms with Crippen LogP contribution in [0.15, 0.2) is 94.4 Å². The first-order valence-electron chi connectivity index (χ1n) is 17.4. The van der Waals surface area contributed by atoms with Crippen LogP contribution < -0.4 is 0 Å². The van der Waals surface area contributed by atoms with Crippen LogP contribution in [0.4, 0.5) is 0 Å². The van der Waals surface area contributed by atoms with Gasteiger partial charge in [-0.05, 0) is 107 Å². The molecule has 1 heterocycles. The lowest BCUT2D eigenvalue weighted by Gasteiger charge is -2.30. The summed E-state index contributed by atoms with van der Waals surface area (Å²) in [5.41, 5.74) is 8.90. The van der Waals surface area contributed by atoms with Crippen LogP contribution in [0.2, 0.25) is 0 Å². The molecule has 0 amide bonds. The Morgan fingerprint density at radius 2 is 1.18 bits per heavy atom. The molecule has 0 fully saturated rings. The average Bonchev–Trinajstić information content (AvgIpc) is 3.38. The number of alkyl halides is 1. The first-order valence-corrected chi connectivity index (χ1v) is 18.5. The van der Waals surface area contributed by atoms with Crippen molar-refractivity contribution in [3.05, 3.63) is 128 Å². The molecule has 0 atom stereocenters. The number of hydrogen-bond acceptors (Lipinski definition) is 2. The molecule has 0 N–H and O–H groups in total. The van der Waals surface area contributed by atoms with E-state index >= 15 is 0 Å². The molecule has 50 heavy (non-hydrogen) atoms. The lowest BCUT2D eigenvalue weighted by atomic mass is 9.74. The van der Waals surface area contributed by atoms with Gasteiger partial charge in [0.15, 0.2) is 0 Å². The maximum absolute atomic E-state index is 9.51. The number of unbranched alkanes of at least 4 members (excludes halogenated alkanes) is 3. The summed E-state index contributed by atoms with van der Waals surface area (Å²) in [7, 11) is 0. The van der Waals surface area contributed by atoms with Crippen molar-refractivity contribution in [1.82, 2.24) is 4.57 Å². The molecule has 6 heteroatoms. The number of benzene rings is 2. The smallest absolute Gasteiger partial charge is 0.265 e. The zero-order chi connectivity index (χ0) is 35.9. The van der Waals surface area contributed by atoms with Crippen LogP contribution in [0.1, 0.15) is 90.2 Å². The van der Waals surface area contributed by atoms with E-state index in [2.05, 4.69) is 131 Å². The van der Waals surface area contributed by atoms with Crippen molar-refractivity contribution in [1.29, 1.82) is 10.5 Å². The Morgan fingerprint density at radius 1 is 0.720 bits per heavy atom. The number of fused-ring (bicyclic) bond motifs is 3. The van der Waals surface area contributed by atoms with Crippen molar-refractivity contribution in [3.8, 4) is 12.1 Å². The Morgan fingerprint density at radius 3 is 1.60 bits per heavy atom. The molecule has 0 radical (unpaired) electrons. The standard InChI is InChI=1S/C44H44BrN5/c1-43(2)25-33(21-35(27-43)39(29-46)48-5)13-11-31-15-17-41-37(23-31)38-24-32(16-18-42(38)50(41)20-10-8-7-9-19-45)12-14-34-22-36(40(30-47)49-6)28-44(3,4)26-34/h11-18,21-24H,7-10,19-20,25-28H2,1-4H3/b13-11+,14-12+,39-35-,40-36+. The van der Waals surface area contributed by atoms with E-state index in [4.69, 9.17) is 13.1 Å². The molecular weight excluding hydrogens is 678 g/mol. The summed E-state index contributed by atoms with van der Waals surface area (Å²) < 4.78 is 2.47. The van der Waals surface area contributed by atoms with E-state index in [9.17, 15) is 10.5 Å². The molecule has 0 aliphatic heterocycles. The van der Waals surface area contributed by atoms with E-state index in [1.54, 1.807) is 0 Å². The van der Waals surface area contributed by atoms with Gasteiger partial charge in [-0.2, -0.15) is 0 Å². The van der Waals surface area contributed by atoms with Gasteiger partial charge in [0.25, 0.3) is 11.4 Å². The number of hydrogen-bond donors (Lipinski definition) is 0. The number of nitriles is 2. The molecule has 3 aromatic rings. The molecule has 252 valence electrons. The number of aromatic nitrogens is 1. The SMILES string of the molecule is [C-]#[N+]/C(C#N)=C1C=C(/C=C/c2ccc3c(c2)c2cc(/C=C/C4=CC(=C(\C#N)[N+]#[C-])/CC(C)(C)C4)ccc2n3CCCCCCBr)CC(C)(C)C\1. The Kier molecular flexibility index (Phi) is 11.5. The van der Waals surface area contributed by atoms with Crippen LogP contribution in [-0.4, -0.2) is 9.90 Å². The van der Waals surface area contributed by atoms with Crippen molar-refractivity contribution >= 4 is 49.9 Å². The zero-order valence-electron chi connectivity index (χ0n) is 29.6. The highest BCUT2D eigenvalue weighted by molar-refractivity contribution is 9.09. The Bertz CT molecular complexity index is 1990. The maximum atomic E-state index is 9.51. The monoisotopic (exact) mass is 721 g/mol. The molecule has 2 aromatic carbocycles. The predicted molar refractivity (Wildman–Crippen MR) is 210 cm³/mol. The van der Waals surface area contributed by atoms with E-state index in [1.165, 1.54) is 41.1 Å². The third-order valence-corrected chi connectivity index (χ3v) is 10.2. The second-order valence-electron chi connectivity index (χ2n) is 15.1. The lowest BCUT2D eigenvalue weighted by Crippen LogP contribution is -2.17. The van der Waals surface area contributed by atoms with E-state index in [0.717, 1.165) is 77.4 Å². The number of rotatable bonds is 10. The Labute approximate surface area is 306 Å². The maximum Gasteiger partial charge on any atom is 0.265 e. The summed E-state index contributed by atoms with van der Waals surface area (Å²) in [5, 5.41) is 22.5. The third kappa shape index (κ3) is 8.64. The molecular formula is C44H44BrN5. The number of allylic oxidation sites excluding steroid dienone is 10. The molecule has 1 aromatic heterocycles. The van der Waals surface area contributed by atoms with Gasteiger partial charge in [-0.25, -0.2) is 20.2 Å². The highest BCUT2D eigenvalue weighted by Crippen LogP contribution is 2.41. The first-order chi connectivity index (χ1) is 24.0. The fourth-order valence-corrected chi connectivity index (χ4v) is 7.88. The van der Waals surface area contributed by atoms with Crippen LogP contribution in [0.5, 0.6) is 0 Å². The van der Waals surface area contributed by atoms with Gasteiger partial charge in [0.2, 0.25) is 0 Å². The predicted octanol–water partition coefficient (Wildman–Crippen LogP) is 12.7. The van der Waals surface area contributed by atoms with Crippen molar-refractivity contribution in [2.45, 2.75) is 85.6 Å². The molecule has 2 aliphatic rings. The highest BCUT2D eigenvalue weighted by atomic mass is 79.9. The second kappa shape index (κ2) is 15.8. The molecule has 0 bridgehead atoms. The van der Waals surface area contributed by atoms with Crippen molar-refractivity contribution in [2.75, 3.05) is 5.33 Å². The second-order valence-corrected chi connectivity index (χ2v) is 15.9. The molecule has 0 saturated carbocycles. The van der Waals surface area contributed by atoms with Gasteiger partial charge in [-0.15, -0.1) is 0 Å². The van der Waals surface area contributed by atoms with Crippen LogP contribution in [-0.2, 0) is 6.54 Å². The highest BCUT2D eigenvalue weighted by Gasteiger charge is 2.27. The molecule has 2 aliphatic carbocycles. The minimum absolute atomic E-state index is 0.0252. The topological polar surface area (TPSA) is 61.2 Å². The number of halogens is 1. The van der Waals surface area contributed by atoms with Gasteiger partial charge in [0, 0.05) is 33.7 Å². The van der Waals surface area contributed by atoms with E-state index < -0.39 is 0 Å². The van der Waals surface area contributed by atoms with Gasteiger partial charge in [0.1, 0.15) is 0 Å². The summed E-state index contributed by atoms with van der Waals surface area (Å²) in [4.78, 5) is 6.97. The van der Waals surface area contributed by atoms with Gasteiger partial charge >= 0.3 is 0 Å². The van der Waals surface area contributed by atoms with Crippen LogP contribution in [0.3, 0.4) is 0 Å². The van der Waals surface area contributed by atoms with Crippen molar-refractivity contribution in [2.24, 2.45) is 10.8 Å². The zero-order valence-corrected chi connectivity index (χ0v) is 31.2. The quantitative estimate of drug-likeness (QED) is 0.0905. The van der Waals surface area contributed by atoms with Gasteiger partial charge in [-0.3, -0.25) is 0 Å². The number of aryl methyl sites for hydroxylation is 1. The fraction of sp³-hybridized carbons (Fsp3) is 0.364. The summed E-state index contributed by atoms with van der Waals surface area (Å²) >= 11 is 3.56. The number of nitrogens with zero attached hydrogens (tertiary/aromatic N) is 5. The minimum atomic E-state index is -0.0252. The summed E-state index contributed by atoms with van der Waals surface area (Å²) in [6, 6.07) is 17.6. The van der Waals surface area contributed by atoms with Crippen LogP contribution in [0, 0.1) is 46.6 Å². The molecule has 0 saturated heterocycles. The minimum Gasteiger partial charge on any atom is -0.340 e. The van der Waals surface area contributed by atoms with Crippen LogP contribution >= 0.6 is 15.9 Å². The van der Waals surface area contributed by atoms with Gasteiger partial charge in [-0.1, -0.05) is 105 Å². The normalized spacial score (nSPS) is 19.1. The fourth-order valence-electron chi connectivity index (χ4n) is 7.48. The van der Waals surface area contributed by atoms with E-state index in [0.29, 0.717) is 0 Å². The third-order valence-electron chi connectivity index (χ3n) is 9.62. The molecule has 5 nitrogen and oxygen atoms in total. The molecule has 5 rings (SSSR count). The van der Waals surface area contributed by atoms with Crippen molar-refractivity contribution < 1.29 is 0 Å². The molecule has 0 unspecified atom stereocenters. The Hall–Kier alpha value is -4.88. The summed E-state index contributed by atoms with van der Waals surface area (Å²) in [5.74, 6) is 0. The Balaban J connectivity index is 1.54. The summed E-state index contributed by atoms with van der Waals surface area (Å²) in [6.45, 7) is 24.6. The van der Waals surface area contributed by atoms with Gasteiger partial charge < -0.3 is 4.57 Å². The first kappa shape index (κ1) is 36.4. The molecule has 0 spiro atoms. The van der Waals surface area contributed by atoms with Gasteiger partial charge in [0.05, 0.1) is 25.3 Å². The van der Waals surface area contributed by atoms with Crippen molar-refractivity contribution in [3.63, 3.8) is 0 Å². The largest absolute Gasteiger partial charge is 0.340 e. The van der Waals surface area contributed by atoms with E-state index in [-0.39, 0.29) is 22.2 Å². The van der Waals surface area contributed by atoms with Crippen LogP contribution in [0.25, 0.3) is 43.6 Å². The lowest BCUT2D eigenvalue weighted by molar-refractivity contribution is 0.354.